The van der Waals surface area contributed by atoms with Gasteiger partial charge in [0, 0.05) is 25.2 Å². The third kappa shape index (κ3) is 2.45. The zero-order chi connectivity index (χ0) is 14.3. The van der Waals surface area contributed by atoms with Gasteiger partial charge in [0.1, 0.15) is 17.8 Å². The molecule has 0 unspecified atom stereocenters. The number of halogens is 3. The second kappa shape index (κ2) is 4.85. The summed E-state index contributed by atoms with van der Waals surface area (Å²) in [4.78, 5) is 11.2. The Morgan fingerprint density at radius 2 is 1.95 bits per heavy atom. The number of likely N-dealkylation sites (N-methyl/N-ethyl adjacent to an activating group) is 1. The minimum atomic E-state index is -4.43. The lowest BCUT2D eigenvalue weighted by Crippen LogP contribution is -2.64. The number of ether oxygens (including phenoxy) is 1. The first-order valence-electron chi connectivity index (χ1n) is 6.39. The van der Waals surface area contributed by atoms with E-state index in [1.165, 1.54) is 0 Å². The summed E-state index contributed by atoms with van der Waals surface area (Å²) in [5, 5.41) is 0. The van der Waals surface area contributed by atoms with Crippen LogP contribution in [0.1, 0.15) is 5.69 Å². The van der Waals surface area contributed by atoms with Gasteiger partial charge >= 0.3 is 6.18 Å². The van der Waals surface area contributed by atoms with E-state index in [-0.39, 0.29) is 0 Å². The molecule has 0 atom stereocenters. The number of hydrogen-bond donors (Lipinski definition) is 0. The molecule has 3 rings (SSSR count). The Hall–Kier alpha value is -1.41. The van der Waals surface area contributed by atoms with Gasteiger partial charge in [-0.3, -0.25) is 4.90 Å². The molecule has 5 nitrogen and oxygen atoms in total. The molecule has 1 aromatic heterocycles. The second-order valence-electron chi connectivity index (χ2n) is 5.17. The van der Waals surface area contributed by atoms with Gasteiger partial charge in [0.15, 0.2) is 0 Å². The van der Waals surface area contributed by atoms with E-state index in [4.69, 9.17) is 4.74 Å². The first-order valence-corrected chi connectivity index (χ1v) is 6.39. The van der Waals surface area contributed by atoms with Crippen molar-refractivity contribution in [3.05, 3.63) is 18.1 Å². The maximum Gasteiger partial charge on any atom is 0.433 e. The third-order valence-electron chi connectivity index (χ3n) is 3.90. The van der Waals surface area contributed by atoms with Gasteiger partial charge in [0.2, 0.25) is 0 Å². The largest absolute Gasteiger partial charge is 0.433 e. The molecule has 0 amide bonds. The van der Waals surface area contributed by atoms with Crippen LogP contribution in [0.4, 0.5) is 19.0 Å². The van der Waals surface area contributed by atoms with E-state index in [0.29, 0.717) is 31.0 Å². The SMILES string of the molecule is CN(C1COC1)C1CN(c2cc(C(F)(F)F)ncn2)C1. The van der Waals surface area contributed by atoms with Gasteiger partial charge in [-0.05, 0) is 7.05 Å². The lowest BCUT2D eigenvalue weighted by molar-refractivity contribution is -0.141. The highest BCUT2D eigenvalue weighted by atomic mass is 19.4. The highest BCUT2D eigenvalue weighted by molar-refractivity contribution is 5.43. The van der Waals surface area contributed by atoms with Crippen LogP contribution in [0, 0.1) is 0 Å². The van der Waals surface area contributed by atoms with Crippen molar-refractivity contribution in [1.82, 2.24) is 14.9 Å². The number of nitrogens with zero attached hydrogens (tertiary/aromatic N) is 4. The standard InChI is InChI=1S/C12H15F3N4O/c1-18(9-5-20-6-9)8-3-19(4-8)11-2-10(12(13,14)15)16-7-17-11/h2,7-9H,3-6H2,1H3. The first kappa shape index (κ1) is 13.6. The molecular formula is C12H15F3N4O. The Morgan fingerprint density at radius 3 is 2.50 bits per heavy atom. The zero-order valence-electron chi connectivity index (χ0n) is 11.0. The van der Waals surface area contributed by atoms with Gasteiger partial charge in [0.25, 0.3) is 0 Å². The van der Waals surface area contributed by atoms with Crippen LogP contribution in [0.5, 0.6) is 0 Å². The van der Waals surface area contributed by atoms with Crippen molar-refractivity contribution in [2.45, 2.75) is 18.3 Å². The van der Waals surface area contributed by atoms with Crippen LogP contribution in [-0.4, -0.2) is 60.3 Å². The average molecular weight is 288 g/mol. The van der Waals surface area contributed by atoms with Crippen molar-refractivity contribution in [3.8, 4) is 0 Å². The van der Waals surface area contributed by atoms with Crippen molar-refractivity contribution in [3.63, 3.8) is 0 Å². The van der Waals surface area contributed by atoms with Gasteiger partial charge in [-0.15, -0.1) is 0 Å². The van der Waals surface area contributed by atoms with E-state index in [1.807, 2.05) is 11.9 Å². The summed E-state index contributed by atoms with van der Waals surface area (Å²) in [6, 6.07) is 1.77. The minimum Gasteiger partial charge on any atom is -0.378 e. The Bertz CT molecular complexity index is 486. The Balaban J connectivity index is 1.62. The van der Waals surface area contributed by atoms with Crippen molar-refractivity contribution in [2.24, 2.45) is 0 Å². The van der Waals surface area contributed by atoms with E-state index in [2.05, 4.69) is 14.9 Å². The highest BCUT2D eigenvalue weighted by Crippen LogP contribution is 2.30. The molecule has 2 aliphatic heterocycles. The Labute approximate surface area is 114 Å². The topological polar surface area (TPSA) is 41.5 Å². The molecule has 110 valence electrons. The fourth-order valence-corrected chi connectivity index (χ4v) is 2.33. The molecule has 0 saturated carbocycles. The van der Waals surface area contributed by atoms with Crippen LogP contribution in [-0.2, 0) is 10.9 Å². The van der Waals surface area contributed by atoms with Crippen molar-refractivity contribution in [1.29, 1.82) is 0 Å². The van der Waals surface area contributed by atoms with Gasteiger partial charge in [-0.2, -0.15) is 13.2 Å². The van der Waals surface area contributed by atoms with Crippen LogP contribution in [0.3, 0.4) is 0 Å². The molecule has 8 heteroatoms. The van der Waals surface area contributed by atoms with Crippen LogP contribution in [0.15, 0.2) is 12.4 Å². The summed E-state index contributed by atoms with van der Waals surface area (Å²) in [6.07, 6.45) is -3.46. The first-order chi connectivity index (χ1) is 9.45. The molecule has 3 heterocycles. The molecule has 0 bridgehead atoms. The fraction of sp³-hybridized carbons (Fsp3) is 0.667. The molecule has 0 aliphatic carbocycles. The van der Waals surface area contributed by atoms with Crippen LogP contribution in [0.25, 0.3) is 0 Å². The lowest BCUT2D eigenvalue weighted by Gasteiger charge is -2.49. The molecule has 0 radical (unpaired) electrons. The summed E-state index contributed by atoms with van der Waals surface area (Å²) >= 11 is 0. The molecular weight excluding hydrogens is 273 g/mol. The Morgan fingerprint density at radius 1 is 1.25 bits per heavy atom. The fourth-order valence-electron chi connectivity index (χ4n) is 2.33. The summed E-state index contributed by atoms with van der Waals surface area (Å²) < 4.78 is 42.9. The van der Waals surface area contributed by atoms with Crippen LogP contribution >= 0.6 is 0 Å². The van der Waals surface area contributed by atoms with Crippen molar-refractivity contribution < 1.29 is 17.9 Å². The molecule has 2 fully saturated rings. The summed E-state index contributed by atoms with van der Waals surface area (Å²) in [5.41, 5.74) is -0.897. The van der Waals surface area contributed by atoms with Gasteiger partial charge < -0.3 is 9.64 Å². The predicted octanol–water partition coefficient (Wildman–Crippen LogP) is 1.01. The summed E-state index contributed by atoms with van der Waals surface area (Å²) in [5.74, 6) is 0.335. The average Bonchev–Trinajstić information content (AvgIpc) is 2.23. The monoisotopic (exact) mass is 288 g/mol. The number of hydrogen-bond acceptors (Lipinski definition) is 5. The maximum atomic E-state index is 12.6. The quantitative estimate of drug-likeness (QED) is 0.830. The Kier molecular flexibility index (Phi) is 3.29. The highest BCUT2D eigenvalue weighted by Gasteiger charge is 2.38. The number of rotatable bonds is 3. The van der Waals surface area contributed by atoms with E-state index >= 15 is 0 Å². The molecule has 1 aromatic rings. The molecule has 0 spiro atoms. The normalized spacial score (nSPS) is 20.9. The maximum absolute atomic E-state index is 12.6. The van der Waals surface area contributed by atoms with Crippen LogP contribution < -0.4 is 4.90 Å². The van der Waals surface area contributed by atoms with E-state index in [9.17, 15) is 13.2 Å². The van der Waals surface area contributed by atoms with Crippen molar-refractivity contribution >= 4 is 5.82 Å². The second-order valence-corrected chi connectivity index (χ2v) is 5.17. The smallest absolute Gasteiger partial charge is 0.378 e. The van der Waals surface area contributed by atoms with E-state index in [1.54, 1.807) is 0 Å². The molecule has 20 heavy (non-hydrogen) atoms. The molecule has 2 aliphatic rings. The minimum absolute atomic E-state index is 0.335. The van der Waals surface area contributed by atoms with Crippen molar-refractivity contribution in [2.75, 3.05) is 38.3 Å². The van der Waals surface area contributed by atoms with E-state index < -0.39 is 11.9 Å². The lowest BCUT2D eigenvalue weighted by atomic mass is 10.0. The van der Waals surface area contributed by atoms with Gasteiger partial charge in [0.05, 0.1) is 19.3 Å². The molecule has 0 N–H and O–H groups in total. The molecule has 2 saturated heterocycles. The van der Waals surface area contributed by atoms with Crippen LogP contribution in [0.2, 0.25) is 0 Å². The summed E-state index contributed by atoms with van der Waals surface area (Å²) in [6.45, 7) is 2.83. The predicted molar refractivity (Wildman–Crippen MR) is 65.4 cm³/mol. The number of anilines is 1. The summed E-state index contributed by atoms with van der Waals surface area (Å²) in [7, 11) is 2.02. The number of aromatic nitrogens is 2. The van der Waals surface area contributed by atoms with E-state index in [0.717, 1.165) is 25.6 Å². The number of alkyl halides is 3. The third-order valence-corrected chi connectivity index (χ3v) is 3.90. The zero-order valence-corrected chi connectivity index (χ0v) is 11.0. The van der Waals surface area contributed by atoms with Gasteiger partial charge in [-0.25, -0.2) is 9.97 Å². The molecule has 0 aromatic carbocycles. The van der Waals surface area contributed by atoms with Gasteiger partial charge in [-0.1, -0.05) is 0 Å².